The van der Waals surface area contributed by atoms with Crippen molar-refractivity contribution in [2.24, 2.45) is 5.92 Å². The fourth-order valence-corrected chi connectivity index (χ4v) is 4.68. The number of ether oxygens (including phenoxy) is 3. The molecule has 0 spiro atoms. The summed E-state index contributed by atoms with van der Waals surface area (Å²) in [7, 11) is 0. The number of likely N-dealkylation sites (tertiary alicyclic amines) is 1. The third-order valence-corrected chi connectivity index (χ3v) is 6.36. The molecule has 34 heavy (non-hydrogen) atoms. The van der Waals surface area contributed by atoms with E-state index in [1.807, 2.05) is 52.1 Å². The molecule has 2 aromatic rings. The maximum Gasteiger partial charge on any atom is 0.415 e. The van der Waals surface area contributed by atoms with Crippen LogP contribution in [0.25, 0.3) is 0 Å². The van der Waals surface area contributed by atoms with E-state index < -0.39 is 0 Å². The van der Waals surface area contributed by atoms with Crippen LogP contribution in [0.3, 0.4) is 0 Å². The van der Waals surface area contributed by atoms with E-state index in [4.69, 9.17) is 14.2 Å². The molecule has 4 heterocycles. The largest absolute Gasteiger partial charge is 0.493 e. The van der Waals surface area contributed by atoms with E-state index in [9.17, 15) is 4.79 Å². The van der Waals surface area contributed by atoms with Crippen LogP contribution < -0.4 is 14.4 Å². The van der Waals surface area contributed by atoms with Gasteiger partial charge in [0.2, 0.25) is 0 Å². The highest BCUT2D eigenvalue weighted by Crippen LogP contribution is 2.34. The second-order valence-electron chi connectivity index (χ2n) is 9.60. The Morgan fingerprint density at radius 2 is 1.94 bits per heavy atom. The number of hydrogen-bond donors (Lipinski definition) is 0. The van der Waals surface area contributed by atoms with E-state index >= 15 is 0 Å². The molecule has 184 valence electrons. The Morgan fingerprint density at radius 3 is 2.68 bits per heavy atom. The normalized spacial score (nSPS) is 19.4. The molecule has 0 radical (unpaired) electrons. The molecular formula is C26H36N4O4. The van der Waals surface area contributed by atoms with E-state index in [1.165, 1.54) is 0 Å². The van der Waals surface area contributed by atoms with Crippen LogP contribution in [0.15, 0.2) is 24.4 Å². The van der Waals surface area contributed by atoms with Gasteiger partial charge in [-0.2, -0.15) is 0 Å². The SMILES string of the molecule is Cc1cc(OC[C@H]2CCCN(C(C)c3cnc4c(c3)OCCN4C(=O)OC(C)C)C2)cc(C)n1. The summed E-state index contributed by atoms with van der Waals surface area (Å²) in [4.78, 5) is 25.5. The number of nitrogens with zero attached hydrogens (tertiary/aromatic N) is 4. The molecule has 1 unspecified atom stereocenters. The number of aryl methyl sites for hydroxylation is 2. The topological polar surface area (TPSA) is 77.0 Å². The van der Waals surface area contributed by atoms with E-state index in [2.05, 4.69) is 21.8 Å². The molecule has 2 aliphatic heterocycles. The smallest absolute Gasteiger partial charge is 0.415 e. The molecular weight excluding hydrogens is 432 g/mol. The zero-order valence-electron chi connectivity index (χ0n) is 20.9. The number of carbonyl (C=O) groups is 1. The van der Waals surface area contributed by atoms with Gasteiger partial charge >= 0.3 is 6.09 Å². The first-order chi connectivity index (χ1) is 16.3. The molecule has 4 rings (SSSR count). The number of amides is 1. The molecule has 0 N–H and O–H groups in total. The zero-order chi connectivity index (χ0) is 24.2. The van der Waals surface area contributed by atoms with E-state index in [0.717, 1.165) is 48.6 Å². The minimum Gasteiger partial charge on any atom is -0.493 e. The number of anilines is 1. The molecule has 2 aliphatic rings. The second kappa shape index (κ2) is 10.6. The minimum atomic E-state index is -0.383. The van der Waals surface area contributed by atoms with Gasteiger partial charge in [-0.05, 0) is 65.6 Å². The van der Waals surface area contributed by atoms with Crippen LogP contribution in [0.2, 0.25) is 0 Å². The van der Waals surface area contributed by atoms with Crippen LogP contribution in [0.5, 0.6) is 11.5 Å². The molecule has 0 aliphatic carbocycles. The molecule has 1 saturated heterocycles. The van der Waals surface area contributed by atoms with Gasteiger partial charge in [0.15, 0.2) is 11.6 Å². The Hall–Kier alpha value is -2.87. The highest BCUT2D eigenvalue weighted by atomic mass is 16.6. The van der Waals surface area contributed by atoms with Crippen molar-refractivity contribution in [3.8, 4) is 11.5 Å². The van der Waals surface area contributed by atoms with Crippen molar-refractivity contribution in [3.05, 3.63) is 41.3 Å². The molecule has 0 aromatic carbocycles. The summed E-state index contributed by atoms with van der Waals surface area (Å²) in [6, 6.07) is 6.20. The van der Waals surface area contributed by atoms with E-state index in [-0.39, 0.29) is 18.2 Å². The lowest BCUT2D eigenvalue weighted by molar-refractivity contribution is 0.100. The van der Waals surface area contributed by atoms with Crippen LogP contribution in [-0.2, 0) is 4.74 Å². The van der Waals surface area contributed by atoms with Crippen LogP contribution in [0.4, 0.5) is 10.6 Å². The summed E-state index contributed by atoms with van der Waals surface area (Å²) < 4.78 is 17.4. The van der Waals surface area contributed by atoms with Crippen molar-refractivity contribution >= 4 is 11.9 Å². The lowest BCUT2D eigenvalue weighted by Gasteiger charge is -2.37. The number of piperidine rings is 1. The third kappa shape index (κ3) is 5.78. The van der Waals surface area contributed by atoms with Crippen molar-refractivity contribution in [3.63, 3.8) is 0 Å². The molecule has 8 heteroatoms. The number of rotatable bonds is 6. The van der Waals surface area contributed by atoms with Gasteiger partial charge < -0.3 is 14.2 Å². The van der Waals surface area contributed by atoms with Gasteiger partial charge in [0, 0.05) is 48.2 Å². The van der Waals surface area contributed by atoms with Gasteiger partial charge in [-0.25, -0.2) is 9.78 Å². The van der Waals surface area contributed by atoms with Crippen molar-refractivity contribution in [1.82, 2.24) is 14.9 Å². The zero-order valence-corrected chi connectivity index (χ0v) is 20.9. The van der Waals surface area contributed by atoms with Crippen molar-refractivity contribution < 1.29 is 19.0 Å². The number of fused-ring (bicyclic) bond motifs is 1. The Labute approximate surface area is 202 Å². The number of aromatic nitrogens is 2. The lowest BCUT2D eigenvalue weighted by atomic mass is 9.96. The summed E-state index contributed by atoms with van der Waals surface area (Å²) in [6.45, 7) is 13.4. The van der Waals surface area contributed by atoms with Crippen LogP contribution in [-0.4, -0.2) is 59.9 Å². The number of carbonyl (C=O) groups excluding carboxylic acids is 1. The van der Waals surface area contributed by atoms with Crippen molar-refractivity contribution in [1.29, 1.82) is 0 Å². The Morgan fingerprint density at radius 1 is 1.18 bits per heavy atom. The second-order valence-corrected chi connectivity index (χ2v) is 9.60. The first-order valence-electron chi connectivity index (χ1n) is 12.2. The molecule has 1 amide bonds. The van der Waals surface area contributed by atoms with E-state index in [0.29, 0.717) is 37.2 Å². The van der Waals surface area contributed by atoms with Gasteiger partial charge in [0.25, 0.3) is 0 Å². The lowest BCUT2D eigenvalue weighted by Crippen LogP contribution is -2.40. The predicted molar refractivity (Wildman–Crippen MR) is 131 cm³/mol. The van der Waals surface area contributed by atoms with Crippen LogP contribution in [0.1, 0.15) is 56.6 Å². The summed E-state index contributed by atoms with van der Waals surface area (Å²) in [5.41, 5.74) is 3.04. The monoisotopic (exact) mass is 468 g/mol. The fraction of sp³-hybridized carbons (Fsp3) is 0.577. The summed E-state index contributed by atoms with van der Waals surface area (Å²) in [5, 5.41) is 0. The van der Waals surface area contributed by atoms with Crippen molar-refractivity contribution in [2.75, 3.05) is 37.7 Å². The van der Waals surface area contributed by atoms with Crippen molar-refractivity contribution in [2.45, 2.75) is 59.6 Å². The van der Waals surface area contributed by atoms with Gasteiger partial charge in [-0.3, -0.25) is 14.8 Å². The summed E-state index contributed by atoms with van der Waals surface area (Å²) in [5.74, 6) is 2.53. The van der Waals surface area contributed by atoms with E-state index in [1.54, 1.807) is 4.90 Å². The molecule has 0 saturated carbocycles. The van der Waals surface area contributed by atoms with Gasteiger partial charge in [0.1, 0.15) is 12.4 Å². The Kier molecular flexibility index (Phi) is 7.56. The average molecular weight is 469 g/mol. The maximum absolute atomic E-state index is 12.5. The fourth-order valence-electron chi connectivity index (χ4n) is 4.68. The highest BCUT2D eigenvalue weighted by molar-refractivity contribution is 5.88. The van der Waals surface area contributed by atoms with Gasteiger partial charge in [-0.15, -0.1) is 0 Å². The first kappa shape index (κ1) is 24.3. The predicted octanol–water partition coefficient (Wildman–Crippen LogP) is 4.69. The summed E-state index contributed by atoms with van der Waals surface area (Å²) in [6.07, 6.45) is 3.59. The Balaban J connectivity index is 1.40. The quantitative estimate of drug-likeness (QED) is 0.609. The molecule has 0 bridgehead atoms. The maximum atomic E-state index is 12.5. The van der Waals surface area contributed by atoms with Gasteiger partial charge in [-0.1, -0.05) is 0 Å². The standard InChI is InChI=1S/C26H36N4O4/c1-17(2)34-26(31)30-9-10-32-24-13-22(14-27-25(24)30)20(5)29-8-6-7-21(15-29)16-33-23-11-18(3)28-19(4)12-23/h11-14,17,20-21H,6-10,15-16H2,1-5H3/t20?,21-/m0/s1. The van der Waals surface area contributed by atoms with Crippen LogP contribution in [0, 0.1) is 19.8 Å². The average Bonchev–Trinajstić information content (AvgIpc) is 2.80. The third-order valence-electron chi connectivity index (χ3n) is 6.36. The first-order valence-corrected chi connectivity index (χ1v) is 12.2. The highest BCUT2D eigenvalue weighted by Gasteiger charge is 2.30. The number of pyridine rings is 2. The molecule has 2 aromatic heterocycles. The number of hydrogen-bond acceptors (Lipinski definition) is 7. The van der Waals surface area contributed by atoms with Gasteiger partial charge in [0.05, 0.1) is 19.3 Å². The Bertz CT molecular complexity index is 992. The molecule has 1 fully saturated rings. The molecule has 8 nitrogen and oxygen atoms in total. The minimum absolute atomic E-state index is 0.180. The van der Waals surface area contributed by atoms with Crippen LogP contribution >= 0.6 is 0 Å². The molecule has 2 atom stereocenters. The summed E-state index contributed by atoms with van der Waals surface area (Å²) >= 11 is 0.